The fraction of sp³-hybridized carbons (Fsp3) is 0.722. The van der Waals surface area contributed by atoms with Crippen LogP contribution in [0.3, 0.4) is 0 Å². The molecule has 25 heavy (non-hydrogen) atoms. The van der Waals surface area contributed by atoms with Crippen LogP contribution in [-0.4, -0.2) is 45.8 Å². The number of aromatic nitrogens is 2. The topological polar surface area (TPSA) is 79.3 Å². The van der Waals surface area contributed by atoms with E-state index in [0.717, 1.165) is 25.1 Å². The Bertz CT molecular complexity index is 648. The number of hydrogen-bond acceptors (Lipinski definition) is 3. The third-order valence-corrected chi connectivity index (χ3v) is 4.85. The number of urea groups is 1. The fourth-order valence-corrected chi connectivity index (χ4v) is 3.26. The molecule has 1 aliphatic heterocycles. The Morgan fingerprint density at radius 3 is 2.64 bits per heavy atom. The van der Waals surface area contributed by atoms with Crippen molar-refractivity contribution in [2.24, 2.45) is 5.92 Å². The number of carbonyl (C=O) groups excluding carboxylic acids is 2. The zero-order valence-electron chi connectivity index (χ0n) is 15.6. The van der Waals surface area contributed by atoms with Gasteiger partial charge < -0.3 is 10.2 Å². The van der Waals surface area contributed by atoms with Gasteiger partial charge in [-0.2, -0.15) is 5.10 Å². The lowest BCUT2D eigenvalue weighted by Gasteiger charge is -2.16. The van der Waals surface area contributed by atoms with E-state index in [2.05, 4.69) is 29.6 Å². The first kappa shape index (κ1) is 17.8. The number of carbonyl (C=O) groups is 2. The van der Waals surface area contributed by atoms with Crippen LogP contribution in [0, 0.1) is 5.92 Å². The summed E-state index contributed by atoms with van der Waals surface area (Å²) in [5.41, 5.74) is 0.963. The Balaban J connectivity index is 1.53. The van der Waals surface area contributed by atoms with Crippen molar-refractivity contribution < 1.29 is 9.59 Å². The smallest absolute Gasteiger partial charge is 0.320 e. The van der Waals surface area contributed by atoms with Crippen molar-refractivity contribution in [2.75, 3.05) is 18.4 Å². The second kappa shape index (κ2) is 7.06. The number of anilines is 1. The van der Waals surface area contributed by atoms with Crippen LogP contribution in [0.15, 0.2) is 6.07 Å². The maximum atomic E-state index is 12.3. The van der Waals surface area contributed by atoms with Crippen LogP contribution in [0.2, 0.25) is 0 Å². The van der Waals surface area contributed by atoms with Gasteiger partial charge in [0.25, 0.3) is 0 Å². The average Bonchev–Trinajstić information content (AvgIpc) is 3.18. The van der Waals surface area contributed by atoms with Crippen LogP contribution >= 0.6 is 0 Å². The number of rotatable bonds is 6. The number of hydrogen-bond donors (Lipinski definition) is 2. The molecule has 0 bridgehead atoms. The molecule has 0 spiro atoms. The summed E-state index contributed by atoms with van der Waals surface area (Å²) in [6.45, 7) is 9.53. The minimum atomic E-state index is -0.241. The lowest BCUT2D eigenvalue weighted by Crippen LogP contribution is -2.35. The van der Waals surface area contributed by atoms with Crippen LogP contribution in [0.4, 0.5) is 10.6 Å². The maximum absolute atomic E-state index is 12.3. The van der Waals surface area contributed by atoms with Crippen molar-refractivity contribution in [3.8, 4) is 0 Å². The number of amides is 3. The summed E-state index contributed by atoms with van der Waals surface area (Å²) in [7, 11) is 0. The van der Waals surface area contributed by atoms with E-state index in [9.17, 15) is 9.59 Å². The van der Waals surface area contributed by atoms with E-state index in [-0.39, 0.29) is 23.9 Å². The molecule has 1 saturated carbocycles. The highest BCUT2D eigenvalue weighted by Crippen LogP contribution is 2.32. The monoisotopic (exact) mass is 347 g/mol. The molecule has 1 atom stereocenters. The average molecular weight is 347 g/mol. The van der Waals surface area contributed by atoms with Crippen LogP contribution in [-0.2, 0) is 4.79 Å². The normalized spacial score (nSPS) is 20.6. The first-order chi connectivity index (χ1) is 11.8. The quantitative estimate of drug-likeness (QED) is 0.830. The molecular weight excluding hydrogens is 318 g/mol. The van der Waals surface area contributed by atoms with Crippen molar-refractivity contribution in [2.45, 2.75) is 65.0 Å². The Morgan fingerprint density at radius 2 is 2.04 bits per heavy atom. The van der Waals surface area contributed by atoms with E-state index in [0.29, 0.717) is 30.7 Å². The molecule has 3 amide bonds. The van der Waals surface area contributed by atoms with Crippen molar-refractivity contribution in [1.29, 1.82) is 0 Å². The predicted octanol–water partition coefficient (Wildman–Crippen LogP) is 2.72. The van der Waals surface area contributed by atoms with Crippen molar-refractivity contribution in [3.63, 3.8) is 0 Å². The molecule has 1 aromatic heterocycles. The Morgan fingerprint density at radius 1 is 1.32 bits per heavy atom. The molecule has 7 nitrogen and oxygen atoms in total. The van der Waals surface area contributed by atoms with Crippen LogP contribution < -0.4 is 10.6 Å². The van der Waals surface area contributed by atoms with Crippen LogP contribution in [0.25, 0.3) is 0 Å². The van der Waals surface area contributed by atoms with Gasteiger partial charge in [0, 0.05) is 43.6 Å². The molecule has 0 aromatic carbocycles. The zero-order chi connectivity index (χ0) is 18.1. The molecule has 0 unspecified atom stereocenters. The summed E-state index contributed by atoms with van der Waals surface area (Å²) in [5.74, 6) is 1.45. The molecule has 3 rings (SSSR count). The predicted molar refractivity (Wildman–Crippen MR) is 96.6 cm³/mol. The van der Waals surface area contributed by atoms with Gasteiger partial charge in [0.05, 0.1) is 5.69 Å². The summed E-state index contributed by atoms with van der Waals surface area (Å²) in [4.78, 5) is 26.2. The molecule has 1 aliphatic carbocycles. The molecule has 2 N–H and O–H groups in total. The van der Waals surface area contributed by atoms with Gasteiger partial charge in [0.15, 0.2) is 0 Å². The highest BCUT2D eigenvalue weighted by Gasteiger charge is 2.39. The summed E-state index contributed by atoms with van der Waals surface area (Å²) in [6, 6.07) is 2.32. The molecule has 138 valence electrons. The lowest BCUT2D eigenvalue weighted by molar-refractivity contribution is -0.128. The largest absolute Gasteiger partial charge is 0.339 e. The SMILES string of the molecule is CC(C)c1cc(NC(=O)NC[C@@H]2CC(=O)N(C3CC3)C2)n(C(C)C)n1. The first-order valence-electron chi connectivity index (χ1n) is 9.29. The zero-order valence-corrected chi connectivity index (χ0v) is 15.6. The van der Waals surface area contributed by atoms with E-state index in [1.807, 2.05) is 29.5 Å². The number of nitrogens with zero attached hydrogens (tertiary/aromatic N) is 3. The number of nitrogens with one attached hydrogen (secondary N) is 2. The molecular formula is C18H29N5O2. The van der Waals surface area contributed by atoms with E-state index in [1.165, 1.54) is 0 Å². The van der Waals surface area contributed by atoms with Gasteiger partial charge in [-0.3, -0.25) is 10.1 Å². The van der Waals surface area contributed by atoms with Crippen molar-refractivity contribution in [1.82, 2.24) is 20.0 Å². The Kier molecular flexibility index (Phi) is 5.01. The van der Waals surface area contributed by atoms with Gasteiger partial charge in [0.2, 0.25) is 5.91 Å². The molecule has 2 heterocycles. The lowest BCUT2D eigenvalue weighted by atomic mass is 10.1. The van der Waals surface area contributed by atoms with Gasteiger partial charge in [0.1, 0.15) is 5.82 Å². The van der Waals surface area contributed by atoms with Gasteiger partial charge in [-0.15, -0.1) is 0 Å². The van der Waals surface area contributed by atoms with E-state index in [4.69, 9.17) is 0 Å². The van der Waals surface area contributed by atoms with Gasteiger partial charge >= 0.3 is 6.03 Å². The summed E-state index contributed by atoms with van der Waals surface area (Å²) in [5, 5.41) is 10.4. The van der Waals surface area contributed by atoms with Crippen molar-refractivity contribution in [3.05, 3.63) is 11.8 Å². The third kappa shape index (κ3) is 4.14. The Labute approximate surface area is 149 Å². The summed E-state index contributed by atoms with van der Waals surface area (Å²) >= 11 is 0. The van der Waals surface area contributed by atoms with Gasteiger partial charge in [-0.25, -0.2) is 9.48 Å². The summed E-state index contributed by atoms with van der Waals surface area (Å²) < 4.78 is 1.84. The molecule has 2 fully saturated rings. The second-order valence-electron chi connectivity index (χ2n) is 7.83. The van der Waals surface area contributed by atoms with E-state index < -0.39 is 0 Å². The highest BCUT2D eigenvalue weighted by molar-refractivity contribution is 5.88. The second-order valence-corrected chi connectivity index (χ2v) is 7.83. The molecule has 2 aliphatic rings. The first-order valence-corrected chi connectivity index (χ1v) is 9.29. The molecule has 7 heteroatoms. The molecule has 1 aromatic rings. The highest BCUT2D eigenvalue weighted by atomic mass is 16.2. The van der Waals surface area contributed by atoms with Crippen molar-refractivity contribution >= 4 is 17.8 Å². The van der Waals surface area contributed by atoms with Gasteiger partial charge in [-0.1, -0.05) is 13.8 Å². The maximum Gasteiger partial charge on any atom is 0.320 e. The molecule has 0 radical (unpaired) electrons. The standard InChI is InChI=1S/C18H29N5O2/c1-11(2)15-8-16(23(21-15)12(3)4)20-18(25)19-9-13-7-17(24)22(10-13)14-5-6-14/h8,11-14H,5-7,9-10H2,1-4H3,(H2,19,20,25)/t13-/m0/s1. The van der Waals surface area contributed by atoms with E-state index >= 15 is 0 Å². The minimum absolute atomic E-state index is 0.169. The van der Waals surface area contributed by atoms with Crippen LogP contribution in [0.1, 0.15) is 64.6 Å². The Hall–Kier alpha value is -2.05. The summed E-state index contributed by atoms with van der Waals surface area (Å²) in [6.07, 6.45) is 2.80. The van der Waals surface area contributed by atoms with Crippen LogP contribution in [0.5, 0.6) is 0 Å². The fourth-order valence-electron chi connectivity index (χ4n) is 3.26. The minimum Gasteiger partial charge on any atom is -0.339 e. The third-order valence-electron chi connectivity index (χ3n) is 4.85. The molecule has 1 saturated heterocycles. The van der Waals surface area contributed by atoms with E-state index in [1.54, 1.807) is 0 Å². The van der Waals surface area contributed by atoms with Gasteiger partial charge in [-0.05, 0) is 32.6 Å². The number of likely N-dealkylation sites (tertiary alicyclic amines) is 1.